The number of aromatic amines is 1. The fourth-order valence-electron chi connectivity index (χ4n) is 2.48. The quantitative estimate of drug-likeness (QED) is 0.673. The van der Waals surface area contributed by atoms with Crippen LogP contribution >= 0.6 is 11.8 Å². The zero-order chi connectivity index (χ0) is 15.9. The number of nitrogens with one attached hydrogen (secondary N) is 1. The van der Waals surface area contributed by atoms with E-state index in [0.717, 1.165) is 25.9 Å². The summed E-state index contributed by atoms with van der Waals surface area (Å²) in [5.41, 5.74) is 0.112. The van der Waals surface area contributed by atoms with Crippen LogP contribution in [0, 0.1) is 11.3 Å². The fraction of sp³-hybridized carbons (Fsp3) is 0.600. The maximum Gasteiger partial charge on any atom is 0.269 e. The number of carbonyl (C=O) groups is 1. The molecule has 0 aliphatic carbocycles. The van der Waals surface area contributed by atoms with Gasteiger partial charge in [-0.1, -0.05) is 31.5 Å². The van der Waals surface area contributed by atoms with Gasteiger partial charge in [0, 0.05) is 13.1 Å². The Morgan fingerprint density at radius 2 is 2.05 bits per heavy atom. The average molecular weight is 320 g/mol. The average Bonchev–Trinajstić information content (AvgIpc) is 2.81. The predicted octanol–water partition coefficient (Wildman–Crippen LogP) is 1.70. The van der Waals surface area contributed by atoms with E-state index in [-0.39, 0.29) is 17.2 Å². The number of hydrogen-bond acceptors (Lipinski definition) is 5. The van der Waals surface area contributed by atoms with Crippen LogP contribution in [0.1, 0.15) is 43.9 Å². The number of H-pyrrole nitrogens is 1. The Hall–Kier alpha value is -1.81. The van der Waals surface area contributed by atoms with Gasteiger partial charge in [-0.05, 0) is 19.3 Å². The van der Waals surface area contributed by atoms with Crippen molar-refractivity contribution < 1.29 is 4.79 Å². The molecule has 1 N–H and O–H groups in total. The van der Waals surface area contributed by atoms with E-state index in [9.17, 15) is 9.59 Å². The number of nitriles is 1. The van der Waals surface area contributed by atoms with E-state index in [4.69, 9.17) is 5.26 Å². The zero-order valence-corrected chi connectivity index (χ0v) is 13.5. The van der Waals surface area contributed by atoms with Crippen molar-refractivity contribution >= 4 is 17.7 Å². The molecule has 1 saturated heterocycles. The van der Waals surface area contributed by atoms with E-state index in [1.165, 1.54) is 24.6 Å². The number of aryl methyl sites for hydroxylation is 1. The van der Waals surface area contributed by atoms with Crippen molar-refractivity contribution in [3.63, 3.8) is 0 Å². The fourth-order valence-corrected chi connectivity index (χ4v) is 3.26. The van der Waals surface area contributed by atoms with Crippen LogP contribution in [0.25, 0.3) is 0 Å². The standard InChI is InChI=1S/C15H20N4O2S/c1-2-12-11(9-16)14(21)18-15(17-12)22-10-13(20)19-7-5-3-4-6-8-19/h2-8,10H2,1H3,(H,17,18,21). The SMILES string of the molecule is CCc1nc(SCC(=O)N2CCCCCC2)[nH]c(=O)c1C#N. The molecule has 118 valence electrons. The van der Waals surface area contributed by atoms with Crippen LogP contribution in [-0.2, 0) is 11.2 Å². The van der Waals surface area contributed by atoms with E-state index in [1.807, 2.05) is 17.9 Å². The van der Waals surface area contributed by atoms with Crippen LogP contribution in [0.2, 0.25) is 0 Å². The lowest BCUT2D eigenvalue weighted by Crippen LogP contribution is -2.33. The molecule has 0 radical (unpaired) electrons. The number of aromatic nitrogens is 2. The first kappa shape index (κ1) is 16.6. The lowest BCUT2D eigenvalue weighted by molar-refractivity contribution is -0.128. The molecule has 0 spiro atoms. The Labute approximate surface area is 133 Å². The second-order valence-electron chi connectivity index (χ2n) is 5.24. The van der Waals surface area contributed by atoms with Crippen LogP contribution in [-0.4, -0.2) is 39.6 Å². The molecule has 1 fully saturated rings. The number of rotatable bonds is 4. The number of amides is 1. The molecule has 1 amide bonds. The Balaban J connectivity index is 2.02. The van der Waals surface area contributed by atoms with Crippen molar-refractivity contribution in [2.45, 2.75) is 44.2 Å². The molecule has 0 bridgehead atoms. The van der Waals surface area contributed by atoms with E-state index in [0.29, 0.717) is 17.3 Å². The maximum atomic E-state index is 12.2. The number of carbonyl (C=O) groups excluding carboxylic acids is 1. The first-order valence-electron chi connectivity index (χ1n) is 7.59. The van der Waals surface area contributed by atoms with Gasteiger partial charge in [0.15, 0.2) is 5.16 Å². The molecule has 0 aromatic carbocycles. The van der Waals surface area contributed by atoms with E-state index < -0.39 is 5.56 Å². The summed E-state index contributed by atoms with van der Waals surface area (Å²) in [6.45, 7) is 3.48. The molecular weight excluding hydrogens is 300 g/mol. The molecule has 1 aromatic heterocycles. The molecule has 0 atom stereocenters. The summed E-state index contributed by atoms with van der Waals surface area (Å²) >= 11 is 1.22. The van der Waals surface area contributed by atoms with Crippen molar-refractivity contribution in [3.05, 3.63) is 21.6 Å². The maximum absolute atomic E-state index is 12.2. The van der Waals surface area contributed by atoms with Crippen LogP contribution in [0.4, 0.5) is 0 Å². The molecule has 2 rings (SSSR count). The lowest BCUT2D eigenvalue weighted by Gasteiger charge is -2.19. The first-order chi connectivity index (χ1) is 10.7. The molecular formula is C15H20N4O2S. The Morgan fingerprint density at radius 1 is 1.36 bits per heavy atom. The van der Waals surface area contributed by atoms with Crippen LogP contribution in [0.15, 0.2) is 9.95 Å². The monoisotopic (exact) mass is 320 g/mol. The smallest absolute Gasteiger partial charge is 0.269 e. The van der Waals surface area contributed by atoms with Gasteiger partial charge in [-0.2, -0.15) is 5.26 Å². The Bertz CT molecular complexity index is 627. The van der Waals surface area contributed by atoms with Gasteiger partial charge < -0.3 is 9.88 Å². The minimum absolute atomic E-state index is 0.0608. The second-order valence-corrected chi connectivity index (χ2v) is 6.21. The number of likely N-dealkylation sites (tertiary alicyclic amines) is 1. The molecule has 1 aliphatic heterocycles. The number of nitrogens with zero attached hydrogens (tertiary/aromatic N) is 3. The van der Waals surface area contributed by atoms with Gasteiger partial charge in [-0.15, -0.1) is 0 Å². The molecule has 6 nitrogen and oxygen atoms in total. The third-order valence-electron chi connectivity index (χ3n) is 3.71. The van der Waals surface area contributed by atoms with Gasteiger partial charge in [-0.3, -0.25) is 9.59 Å². The third kappa shape index (κ3) is 4.10. The predicted molar refractivity (Wildman–Crippen MR) is 84.7 cm³/mol. The minimum atomic E-state index is -0.431. The Morgan fingerprint density at radius 3 is 2.64 bits per heavy atom. The topological polar surface area (TPSA) is 89.8 Å². The minimum Gasteiger partial charge on any atom is -0.342 e. The molecule has 2 heterocycles. The van der Waals surface area contributed by atoms with Gasteiger partial charge in [0.25, 0.3) is 5.56 Å². The van der Waals surface area contributed by atoms with Gasteiger partial charge in [-0.25, -0.2) is 4.98 Å². The second kappa shape index (κ2) is 7.99. The van der Waals surface area contributed by atoms with Gasteiger partial charge in [0.1, 0.15) is 11.6 Å². The molecule has 0 saturated carbocycles. The van der Waals surface area contributed by atoms with Crippen molar-refractivity contribution in [1.29, 1.82) is 5.26 Å². The van der Waals surface area contributed by atoms with Gasteiger partial charge >= 0.3 is 0 Å². The highest BCUT2D eigenvalue weighted by Gasteiger charge is 2.17. The summed E-state index contributed by atoms with van der Waals surface area (Å²) in [5.74, 6) is 0.342. The van der Waals surface area contributed by atoms with Crippen molar-refractivity contribution in [1.82, 2.24) is 14.9 Å². The van der Waals surface area contributed by atoms with E-state index in [2.05, 4.69) is 9.97 Å². The molecule has 22 heavy (non-hydrogen) atoms. The highest BCUT2D eigenvalue weighted by molar-refractivity contribution is 7.99. The summed E-state index contributed by atoms with van der Waals surface area (Å²) in [5, 5.41) is 9.37. The van der Waals surface area contributed by atoms with Gasteiger partial charge in [0.2, 0.25) is 5.91 Å². The number of thioether (sulfide) groups is 1. The summed E-state index contributed by atoms with van der Waals surface area (Å²) in [4.78, 5) is 32.8. The van der Waals surface area contributed by atoms with Gasteiger partial charge in [0.05, 0.1) is 11.4 Å². The number of hydrogen-bond donors (Lipinski definition) is 1. The van der Waals surface area contributed by atoms with E-state index in [1.54, 1.807) is 0 Å². The zero-order valence-electron chi connectivity index (χ0n) is 12.7. The summed E-state index contributed by atoms with van der Waals surface area (Å²) in [7, 11) is 0. The summed E-state index contributed by atoms with van der Waals surface area (Å²) in [6.07, 6.45) is 4.99. The highest BCUT2D eigenvalue weighted by Crippen LogP contribution is 2.16. The lowest BCUT2D eigenvalue weighted by atomic mass is 10.2. The normalized spacial score (nSPS) is 15.2. The first-order valence-corrected chi connectivity index (χ1v) is 8.58. The van der Waals surface area contributed by atoms with Crippen molar-refractivity contribution in [3.8, 4) is 6.07 Å². The molecule has 0 unspecified atom stereocenters. The van der Waals surface area contributed by atoms with Crippen LogP contribution < -0.4 is 5.56 Å². The molecule has 1 aliphatic rings. The van der Waals surface area contributed by atoms with Crippen molar-refractivity contribution in [2.75, 3.05) is 18.8 Å². The van der Waals surface area contributed by atoms with Crippen molar-refractivity contribution in [2.24, 2.45) is 0 Å². The summed E-state index contributed by atoms with van der Waals surface area (Å²) < 4.78 is 0. The van der Waals surface area contributed by atoms with E-state index >= 15 is 0 Å². The van der Waals surface area contributed by atoms with Crippen LogP contribution in [0.3, 0.4) is 0 Å². The molecule has 1 aromatic rings. The largest absolute Gasteiger partial charge is 0.342 e. The Kier molecular flexibility index (Phi) is 6.01. The summed E-state index contributed by atoms with van der Waals surface area (Å²) in [6, 6.07) is 1.87. The molecule has 7 heteroatoms. The van der Waals surface area contributed by atoms with Crippen LogP contribution in [0.5, 0.6) is 0 Å². The highest BCUT2D eigenvalue weighted by atomic mass is 32.2. The third-order valence-corrected chi connectivity index (χ3v) is 4.57.